The largest absolute Gasteiger partial charge is 0.491 e. The van der Waals surface area contributed by atoms with Crippen molar-refractivity contribution in [2.75, 3.05) is 12.3 Å². The molecule has 3 N–H and O–H groups in total. The molecule has 0 atom stereocenters. The summed E-state index contributed by atoms with van der Waals surface area (Å²) in [6.45, 7) is 0.340. The first-order valence-electron chi connectivity index (χ1n) is 8.12. The Morgan fingerprint density at radius 3 is 2.75 bits per heavy atom. The van der Waals surface area contributed by atoms with Crippen LogP contribution in [0.15, 0.2) is 35.1 Å². The lowest BCUT2D eigenvalue weighted by atomic mass is 9.76. The van der Waals surface area contributed by atoms with Crippen molar-refractivity contribution in [2.24, 2.45) is 5.41 Å². The van der Waals surface area contributed by atoms with E-state index in [9.17, 15) is 10.1 Å². The third-order valence-corrected chi connectivity index (χ3v) is 4.46. The molecule has 2 aromatic rings. The Bertz CT molecular complexity index is 816. The van der Waals surface area contributed by atoms with E-state index in [-0.39, 0.29) is 11.4 Å². The monoisotopic (exact) mass is 324 g/mol. The molecule has 0 saturated heterocycles. The van der Waals surface area contributed by atoms with Gasteiger partial charge in [-0.05, 0) is 25.0 Å². The molecule has 1 heterocycles. The van der Waals surface area contributed by atoms with E-state index in [1.807, 2.05) is 24.3 Å². The second kappa shape index (κ2) is 6.75. The molecule has 3 rings (SSSR count). The zero-order valence-corrected chi connectivity index (χ0v) is 13.4. The highest BCUT2D eigenvalue weighted by molar-refractivity contribution is 5.64. The lowest BCUT2D eigenvalue weighted by Crippen LogP contribution is -2.29. The molecule has 1 fully saturated rings. The molecule has 1 aliphatic carbocycles. The normalized spacial score (nSPS) is 16.3. The molecular formula is C18H20N4O2. The second-order valence-electron chi connectivity index (χ2n) is 6.26. The van der Waals surface area contributed by atoms with Crippen LogP contribution in [-0.2, 0) is 0 Å². The van der Waals surface area contributed by atoms with Crippen LogP contribution in [0.2, 0.25) is 0 Å². The number of H-pyrrole nitrogens is 1. The molecule has 0 amide bonds. The summed E-state index contributed by atoms with van der Waals surface area (Å²) in [6, 6.07) is 11.0. The Kier molecular flexibility index (Phi) is 4.52. The van der Waals surface area contributed by atoms with Crippen molar-refractivity contribution in [2.45, 2.75) is 32.1 Å². The lowest BCUT2D eigenvalue weighted by molar-refractivity contribution is 0.151. The average Bonchev–Trinajstić information content (AvgIpc) is 2.60. The van der Waals surface area contributed by atoms with Crippen LogP contribution in [0.5, 0.6) is 5.75 Å². The average molecular weight is 324 g/mol. The highest BCUT2D eigenvalue weighted by Crippen LogP contribution is 2.37. The van der Waals surface area contributed by atoms with E-state index in [0.29, 0.717) is 23.7 Å². The third kappa shape index (κ3) is 3.40. The zero-order chi connectivity index (χ0) is 17.0. The minimum atomic E-state index is -0.429. The molecule has 24 heavy (non-hydrogen) atoms. The fraction of sp³-hybridized carbons (Fsp3) is 0.389. The van der Waals surface area contributed by atoms with Crippen LogP contribution in [0.1, 0.15) is 32.1 Å². The number of rotatable bonds is 4. The summed E-state index contributed by atoms with van der Waals surface area (Å²) < 4.78 is 5.98. The fourth-order valence-electron chi connectivity index (χ4n) is 3.12. The summed E-state index contributed by atoms with van der Waals surface area (Å²) in [5.74, 6) is 1.11. The van der Waals surface area contributed by atoms with Gasteiger partial charge in [0.1, 0.15) is 24.0 Å². The maximum Gasteiger partial charge on any atom is 0.253 e. The van der Waals surface area contributed by atoms with Gasteiger partial charge in [-0.2, -0.15) is 5.26 Å². The molecule has 0 aliphatic heterocycles. The summed E-state index contributed by atoms with van der Waals surface area (Å²) in [4.78, 5) is 18.5. The van der Waals surface area contributed by atoms with Gasteiger partial charge in [0.15, 0.2) is 0 Å². The predicted octanol–water partition coefficient (Wildman–Crippen LogP) is 2.87. The number of benzene rings is 1. The third-order valence-electron chi connectivity index (χ3n) is 4.46. The summed E-state index contributed by atoms with van der Waals surface area (Å²) in [5, 5.41) is 9.57. The van der Waals surface area contributed by atoms with Crippen molar-refractivity contribution in [1.29, 1.82) is 5.26 Å². The van der Waals surface area contributed by atoms with Gasteiger partial charge in [0.05, 0.1) is 17.0 Å². The fourth-order valence-corrected chi connectivity index (χ4v) is 3.12. The Labute approximate surface area is 140 Å². The van der Waals surface area contributed by atoms with Gasteiger partial charge in [-0.3, -0.25) is 4.79 Å². The predicted molar refractivity (Wildman–Crippen MR) is 91.3 cm³/mol. The lowest BCUT2D eigenvalue weighted by Gasteiger charge is -2.30. The van der Waals surface area contributed by atoms with Crippen LogP contribution in [0.3, 0.4) is 0 Å². The quantitative estimate of drug-likeness (QED) is 0.899. The molecule has 1 saturated carbocycles. The minimum Gasteiger partial charge on any atom is -0.491 e. The van der Waals surface area contributed by atoms with Gasteiger partial charge in [0.25, 0.3) is 5.56 Å². The van der Waals surface area contributed by atoms with Gasteiger partial charge in [-0.1, -0.05) is 31.4 Å². The molecule has 6 heteroatoms. The van der Waals surface area contributed by atoms with E-state index >= 15 is 0 Å². The topological polar surface area (TPSA) is 105 Å². The second-order valence-corrected chi connectivity index (χ2v) is 6.26. The first-order valence-corrected chi connectivity index (χ1v) is 8.12. The number of ether oxygens (including phenoxy) is 1. The first kappa shape index (κ1) is 16.1. The van der Waals surface area contributed by atoms with E-state index < -0.39 is 5.41 Å². The Hall–Kier alpha value is -2.81. The van der Waals surface area contributed by atoms with Gasteiger partial charge in [0, 0.05) is 6.07 Å². The van der Waals surface area contributed by atoms with Gasteiger partial charge < -0.3 is 15.5 Å². The summed E-state index contributed by atoms with van der Waals surface area (Å²) in [7, 11) is 0. The van der Waals surface area contributed by atoms with E-state index in [1.165, 1.54) is 12.5 Å². The number of nitriles is 1. The molecule has 0 radical (unpaired) electrons. The minimum absolute atomic E-state index is 0.157. The number of hydrogen-bond donors (Lipinski definition) is 2. The van der Waals surface area contributed by atoms with Crippen molar-refractivity contribution in [1.82, 2.24) is 9.97 Å². The number of anilines is 1. The van der Waals surface area contributed by atoms with Crippen molar-refractivity contribution in [3.8, 4) is 23.2 Å². The van der Waals surface area contributed by atoms with E-state index in [0.717, 1.165) is 25.7 Å². The summed E-state index contributed by atoms with van der Waals surface area (Å²) in [5.41, 5.74) is 5.58. The molecule has 1 aromatic carbocycles. The number of para-hydroxylation sites is 1. The SMILES string of the molecule is N#CC1(COc2ccccc2-c2nc(N)cc(=O)[nH]2)CCCCC1. The van der Waals surface area contributed by atoms with E-state index in [4.69, 9.17) is 10.5 Å². The zero-order valence-electron chi connectivity index (χ0n) is 13.4. The number of aromatic nitrogens is 2. The van der Waals surface area contributed by atoms with Gasteiger partial charge in [0.2, 0.25) is 0 Å². The Morgan fingerprint density at radius 1 is 1.29 bits per heavy atom. The van der Waals surface area contributed by atoms with Crippen LogP contribution in [0.4, 0.5) is 5.82 Å². The smallest absolute Gasteiger partial charge is 0.253 e. The number of nitrogens with zero attached hydrogens (tertiary/aromatic N) is 2. The van der Waals surface area contributed by atoms with Crippen molar-refractivity contribution >= 4 is 5.82 Å². The van der Waals surface area contributed by atoms with Gasteiger partial charge in [-0.15, -0.1) is 0 Å². The Morgan fingerprint density at radius 2 is 2.04 bits per heavy atom. The van der Waals surface area contributed by atoms with Gasteiger partial charge in [-0.25, -0.2) is 4.98 Å². The molecule has 0 bridgehead atoms. The molecule has 0 spiro atoms. The highest BCUT2D eigenvalue weighted by Gasteiger charge is 2.33. The van der Waals surface area contributed by atoms with Crippen LogP contribution in [0, 0.1) is 16.7 Å². The number of hydrogen-bond acceptors (Lipinski definition) is 5. The molecule has 0 unspecified atom stereocenters. The van der Waals surface area contributed by atoms with Crippen LogP contribution >= 0.6 is 0 Å². The Balaban J connectivity index is 1.87. The highest BCUT2D eigenvalue weighted by atomic mass is 16.5. The van der Waals surface area contributed by atoms with Crippen molar-refractivity contribution in [3.63, 3.8) is 0 Å². The van der Waals surface area contributed by atoms with Crippen LogP contribution in [0.25, 0.3) is 11.4 Å². The van der Waals surface area contributed by atoms with Crippen molar-refractivity contribution < 1.29 is 4.74 Å². The number of nitrogens with two attached hydrogens (primary N) is 1. The van der Waals surface area contributed by atoms with Crippen molar-refractivity contribution in [3.05, 3.63) is 40.7 Å². The van der Waals surface area contributed by atoms with Gasteiger partial charge >= 0.3 is 0 Å². The number of aromatic amines is 1. The number of nitrogens with one attached hydrogen (secondary N) is 1. The maximum atomic E-state index is 11.6. The van der Waals surface area contributed by atoms with Crippen LogP contribution in [-0.4, -0.2) is 16.6 Å². The standard InChI is InChI=1S/C18H20N4O2/c19-11-18(8-4-1-5-9-18)12-24-14-7-3-2-6-13(14)17-21-15(20)10-16(23)22-17/h2-3,6-7,10H,1,4-5,8-9,12H2,(H3,20,21,22,23). The summed E-state index contributed by atoms with van der Waals surface area (Å²) in [6.07, 6.45) is 5.01. The van der Waals surface area contributed by atoms with E-state index in [2.05, 4.69) is 16.0 Å². The molecule has 6 nitrogen and oxygen atoms in total. The van der Waals surface area contributed by atoms with E-state index in [1.54, 1.807) is 0 Å². The summed E-state index contributed by atoms with van der Waals surface area (Å²) >= 11 is 0. The molecule has 1 aliphatic rings. The molecule has 1 aromatic heterocycles. The molecular weight excluding hydrogens is 304 g/mol. The van der Waals surface area contributed by atoms with Crippen LogP contribution < -0.4 is 16.0 Å². The molecule has 124 valence electrons. The number of nitrogen functional groups attached to an aromatic ring is 1. The maximum absolute atomic E-state index is 11.6. The first-order chi connectivity index (χ1) is 11.6.